The molecule has 0 N–H and O–H groups in total. The van der Waals surface area contributed by atoms with E-state index in [1.165, 1.54) is 26.4 Å². The fourth-order valence-corrected chi connectivity index (χ4v) is 5.38. The van der Waals surface area contributed by atoms with Crippen LogP contribution in [0.5, 0.6) is 11.5 Å². The van der Waals surface area contributed by atoms with Gasteiger partial charge in [0.2, 0.25) is 5.96 Å². The van der Waals surface area contributed by atoms with E-state index in [1.54, 1.807) is 24.1 Å². The van der Waals surface area contributed by atoms with Crippen molar-refractivity contribution in [1.29, 1.82) is 0 Å². The Morgan fingerprint density at radius 1 is 0.929 bits per heavy atom. The number of ether oxygens (including phenoxy) is 3. The molecule has 0 spiro atoms. The molecule has 2 aliphatic heterocycles. The van der Waals surface area contributed by atoms with Crippen molar-refractivity contribution in [1.82, 2.24) is 4.90 Å². The highest BCUT2D eigenvalue weighted by atomic mass is 19.4. The molecule has 0 bridgehead atoms. The maximum absolute atomic E-state index is 15.3. The van der Waals surface area contributed by atoms with Gasteiger partial charge in [0, 0.05) is 49.9 Å². The lowest BCUT2D eigenvalue weighted by atomic mass is 9.96. The molecule has 1 fully saturated rings. The second kappa shape index (κ2) is 11.8. The number of para-hydroxylation sites is 1. The summed E-state index contributed by atoms with van der Waals surface area (Å²) in [5.41, 5.74) is 0.951. The first-order chi connectivity index (χ1) is 20.1. The van der Waals surface area contributed by atoms with Crippen LogP contribution in [0.25, 0.3) is 0 Å². The molecule has 2 heterocycles. The zero-order valence-corrected chi connectivity index (χ0v) is 23.6. The Labute approximate surface area is 242 Å². The van der Waals surface area contributed by atoms with E-state index in [4.69, 9.17) is 19.2 Å². The molecule has 0 amide bonds. The molecule has 3 aromatic rings. The van der Waals surface area contributed by atoms with E-state index in [0.29, 0.717) is 43.5 Å². The van der Waals surface area contributed by atoms with Crippen molar-refractivity contribution < 1.29 is 31.8 Å². The van der Waals surface area contributed by atoms with Gasteiger partial charge in [-0.2, -0.15) is 13.2 Å². The fraction of sp³-hybridized carbons (Fsp3) is 0.323. The number of methoxy groups -OCH3 is 3. The van der Waals surface area contributed by atoms with Gasteiger partial charge in [0.15, 0.2) is 0 Å². The largest absolute Gasteiger partial charge is 0.502 e. The summed E-state index contributed by atoms with van der Waals surface area (Å²) in [4.78, 5) is 10.6. The van der Waals surface area contributed by atoms with Crippen molar-refractivity contribution in [2.75, 3.05) is 57.3 Å². The third kappa shape index (κ3) is 5.68. The van der Waals surface area contributed by atoms with Crippen LogP contribution in [-0.2, 0) is 10.9 Å². The number of guanidine groups is 1. The Hall–Kier alpha value is -4.41. The molecular weight excluding hydrogens is 552 g/mol. The minimum absolute atomic E-state index is 0.138. The van der Waals surface area contributed by atoms with Gasteiger partial charge in [-0.25, -0.2) is 9.38 Å². The van der Waals surface area contributed by atoms with Crippen LogP contribution in [0.1, 0.15) is 23.6 Å². The van der Waals surface area contributed by atoms with Crippen LogP contribution < -0.4 is 19.3 Å². The summed E-state index contributed by atoms with van der Waals surface area (Å²) in [5.74, 6) is 1.14. The van der Waals surface area contributed by atoms with E-state index in [2.05, 4.69) is 11.5 Å². The van der Waals surface area contributed by atoms with Gasteiger partial charge in [-0.1, -0.05) is 24.8 Å². The summed E-state index contributed by atoms with van der Waals surface area (Å²) >= 11 is 0. The molecule has 0 aliphatic carbocycles. The highest BCUT2D eigenvalue weighted by Gasteiger charge is 2.40. The molecule has 0 saturated carbocycles. The third-order valence-corrected chi connectivity index (χ3v) is 7.57. The number of benzene rings is 3. The molecule has 7 nitrogen and oxygen atoms in total. The van der Waals surface area contributed by atoms with Crippen molar-refractivity contribution in [3.05, 3.63) is 89.9 Å². The highest BCUT2D eigenvalue weighted by Crippen LogP contribution is 2.47. The molecule has 222 valence electrons. The topological polar surface area (TPSA) is 49.8 Å². The third-order valence-electron chi connectivity index (χ3n) is 7.57. The summed E-state index contributed by atoms with van der Waals surface area (Å²) in [6.45, 7) is 6.12. The number of piperazine rings is 1. The van der Waals surface area contributed by atoms with Crippen molar-refractivity contribution in [2.24, 2.45) is 4.99 Å². The zero-order chi connectivity index (χ0) is 30.0. The first kappa shape index (κ1) is 29.1. The maximum Gasteiger partial charge on any atom is 0.416 e. The van der Waals surface area contributed by atoms with E-state index >= 15 is 4.39 Å². The van der Waals surface area contributed by atoms with E-state index in [9.17, 15) is 13.2 Å². The highest BCUT2D eigenvalue weighted by molar-refractivity contribution is 6.02. The van der Waals surface area contributed by atoms with Crippen LogP contribution in [0.15, 0.2) is 78.0 Å². The molecule has 2 aliphatic rings. The van der Waals surface area contributed by atoms with Gasteiger partial charge < -0.3 is 28.9 Å². The van der Waals surface area contributed by atoms with E-state index < -0.39 is 23.6 Å². The van der Waals surface area contributed by atoms with Crippen molar-refractivity contribution in [2.45, 2.75) is 18.6 Å². The second-order valence-corrected chi connectivity index (χ2v) is 9.98. The predicted octanol–water partition coefficient (Wildman–Crippen LogP) is 6.78. The fourth-order valence-electron chi connectivity index (χ4n) is 5.38. The average Bonchev–Trinajstić information content (AvgIpc) is 3.00. The summed E-state index contributed by atoms with van der Waals surface area (Å²) in [5, 5.41) is 0. The molecule has 11 heteroatoms. The quantitative estimate of drug-likeness (QED) is 0.225. The minimum Gasteiger partial charge on any atom is -0.502 e. The number of nitrogens with zero attached hydrogens (tertiary/aromatic N) is 4. The van der Waals surface area contributed by atoms with Crippen LogP contribution in [0, 0.1) is 5.82 Å². The van der Waals surface area contributed by atoms with Gasteiger partial charge in [0.25, 0.3) is 0 Å². The molecule has 3 aromatic carbocycles. The Balaban J connectivity index is 1.61. The maximum atomic E-state index is 15.3. The second-order valence-electron chi connectivity index (χ2n) is 9.98. The van der Waals surface area contributed by atoms with E-state index in [1.807, 2.05) is 29.2 Å². The molecule has 1 saturated heterocycles. The number of halogens is 4. The summed E-state index contributed by atoms with van der Waals surface area (Å²) in [6, 6.07) is 15.0. The minimum atomic E-state index is -4.59. The molecule has 0 radical (unpaired) electrons. The average molecular weight is 585 g/mol. The van der Waals surface area contributed by atoms with E-state index in [-0.39, 0.29) is 23.5 Å². The summed E-state index contributed by atoms with van der Waals surface area (Å²) in [6.07, 6.45) is -4.42. The summed E-state index contributed by atoms with van der Waals surface area (Å²) < 4.78 is 73.4. The predicted molar refractivity (Wildman–Crippen MR) is 154 cm³/mol. The lowest BCUT2D eigenvalue weighted by molar-refractivity contribution is -0.137. The first-order valence-electron chi connectivity index (χ1n) is 13.4. The Kier molecular flexibility index (Phi) is 8.20. The standard InChI is InChI=1S/C31H32F4N4O3/c1-20(40-2)17-26-24-9-6-10-25(32)29(24)36-30(39(26)27-18-21(31(33,34)35)11-12-28(27)42-4)38-15-13-37(14-16-38)22-7-5-8-23(19-22)41-3/h5-12,18-19,26H,1,13-17H2,2-4H3. The Bertz CT molecular complexity index is 1490. The van der Waals surface area contributed by atoms with E-state index in [0.717, 1.165) is 23.6 Å². The molecule has 5 rings (SSSR count). The van der Waals surface area contributed by atoms with Crippen LogP contribution in [0.3, 0.4) is 0 Å². The van der Waals surface area contributed by atoms with Crippen molar-refractivity contribution >= 4 is 23.0 Å². The van der Waals surface area contributed by atoms with Crippen LogP contribution in [-0.4, -0.2) is 58.4 Å². The van der Waals surface area contributed by atoms with Gasteiger partial charge in [0.1, 0.15) is 23.0 Å². The number of alkyl halides is 3. The van der Waals surface area contributed by atoms with Crippen LogP contribution >= 0.6 is 0 Å². The number of anilines is 2. The number of hydrogen-bond acceptors (Lipinski definition) is 7. The lowest BCUT2D eigenvalue weighted by Gasteiger charge is -2.45. The lowest BCUT2D eigenvalue weighted by Crippen LogP contribution is -2.55. The molecular formula is C31H32F4N4O3. The monoisotopic (exact) mass is 584 g/mol. The van der Waals surface area contributed by atoms with Gasteiger partial charge in [-0.15, -0.1) is 0 Å². The number of rotatable bonds is 7. The first-order valence-corrected chi connectivity index (χ1v) is 13.4. The van der Waals surface area contributed by atoms with Crippen LogP contribution in [0.4, 0.5) is 34.6 Å². The Morgan fingerprint density at radius 2 is 1.64 bits per heavy atom. The Morgan fingerprint density at radius 3 is 2.31 bits per heavy atom. The number of aliphatic imine (C=N–C) groups is 1. The zero-order valence-electron chi connectivity index (χ0n) is 23.6. The SMILES string of the molecule is C=C(CC1c2cccc(F)c2N=C(N2CCN(c3cccc(OC)c3)CC2)N1c1cc(C(F)(F)F)ccc1OC)OC. The molecule has 1 unspecified atom stereocenters. The summed E-state index contributed by atoms with van der Waals surface area (Å²) in [7, 11) is 4.48. The normalized spacial score (nSPS) is 17.0. The van der Waals surface area contributed by atoms with Crippen LogP contribution in [0.2, 0.25) is 0 Å². The van der Waals surface area contributed by atoms with Gasteiger partial charge >= 0.3 is 6.18 Å². The van der Waals surface area contributed by atoms with Gasteiger partial charge in [-0.3, -0.25) is 0 Å². The number of hydrogen-bond donors (Lipinski definition) is 0. The smallest absolute Gasteiger partial charge is 0.416 e. The van der Waals surface area contributed by atoms with Crippen molar-refractivity contribution in [3.8, 4) is 11.5 Å². The molecule has 42 heavy (non-hydrogen) atoms. The number of fused-ring (bicyclic) bond motifs is 1. The van der Waals surface area contributed by atoms with Gasteiger partial charge in [-0.05, 0) is 36.4 Å². The molecule has 0 aromatic heterocycles. The molecule has 1 atom stereocenters. The van der Waals surface area contributed by atoms with Crippen molar-refractivity contribution in [3.63, 3.8) is 0 Å². The van der Waals surface area contributed by atoms with Gasteiger partial charge in [0.05, 0.1) is 44.4 Å².